The highest BCUT2D eigenvalue weighted by molar-refractivity contribution is 7.14. The molecule has 0 aliphatic heterocycles. The zero-order valence-corrected chi connectivity index (χ0v) is 12.9. The van der Waals surface area contributed by atoms with Gasteiger partial charge < -0.3 is 4.74 Å². The van der Waals surface area contributed by atoms with Crippen LogP contribution in [0.5, 0.6) is 5.88 Å². The van der Waals surface area contributed by atoms with Gasteiger partial charge in [0.1, 0.15) is 0 Å². The molecule has 5 nitrogen and oxygen atoms in total. The fourth-order valence-corrected chi connectivity index (χ4v) is 2.64. The predicted molar refractivity (Wildman–Crippen MR) is 77.7 cm³/mol. The number of alkyl halides is 3. The van der Waals surface area contributed by atoms with Gasteiger partial charge in [0.25, 0.3) is 0 Å². The third kappa shape index (κ3) is 3.86. The molecule has 23 heavy (non-hydrogen) atoms. The molecule has 0 spiro atoms. The van der Waals surface area contributed by atoms with Crippen LogP contribution in [-0.4, -0.2) is 16.9 Å². The second kappa shape index (κ2) is 6.37. The standard InChI is InChI=1S/C14H11F3N2O3S/c1-8(20)19(13-18-12(7-23-13)22-9(2)21)11-6-4-3-5-10(11)14(15,16)17/h3-7H,1-2H3. The van der Waals surface area contributed by atoms with Crippen molar-refractivity contribution in [3.05, 3.63) is 35.2 Å². The number of rotatable bonds is 3. The van der Waals surface area contributed by atoms with Crippen LogP contribution in [-0.2, 0) is 15.8 Å². The lowest BCUT2D eigenvalue weighted by Gasteiger charge is -2.22. The Labute approximate surface area is 133 Å². The molecule has 0 N–H and O–H groups in total. The number of ether oxygens (including phenoxy) is 1. The van der Waals surface area contributed by atoms with Crippen molar-refractivity contribution in [1.29, 1.82) is 0 Å². The maximum atomic E-state index is 13.1. The first-order valence-corrected chi connectivity index (χ1v) is 7.19. The van der Waals surface area contributed by atoms with Crippen LogP contribution in [0.15, 0.2) is 29.6 Å². The van der Waals surface area contributed by atoms with Crippen LogP contribution in [0.3, 0.4) is 0 Å². The fraction of sp³-hybridized carbons (Fsp3) is 0.214. The van der Waals surface area contributed by atoms with Crippen LogP contribution < -0.4 is 9.64 Å². The number of esters is 1. The van der Waals surface area contributed by atoms with E-state index in [-0.39, 0.29) is 16.7 Å². The SMILES string of the molecule is CC(=O)Oc1csc(N(C(C)=O)c2ccccc2C(F)(F)F)n1. The molecule has 0 aliphatic carbocycles. The summed E-state index contributed by atoms with van der Waals surface area (Å²) in [4.78, 5) is 27.5. The van der Waals surface area contributed by atoms with Crippen LogP contribution in [0, 0.1) is 0 Å². The van der Waals surface area contributed by atoms with Crippen LogP contribution in [0.25, 0.3) is 0 Å². The number of hydrogen-bond acceptors (Lipinski definition) is 5. The molecule has 0 saturated heterocycles. The van der Waals surface area contributed by atoms with E-state index in [0.717, 1.165) is 29.2 Å². The molecule has 0 atom stereocenters. The predicted octanol–water partition coefficient (Wildman–Crippen LogP) is 3.77. The summed E-state index contributed by atoms with van der Waals surface area (Å²) in [6.45, 7) is 2.29. The summed E-state index contributed by atoms with van der Waals surface area (Å²) in [5.74, 6) is -1.34. The van der Waals surface area contributed by atoms with E-state index in [1.807, 2.05) is 0 Å². The lowest BCUT2D eigenvalue weighted by Crippen LogP contribution is -2.25. The Morgan fingerprint density at radius 3 is 2.43 bits per heavy atom. The number of amides is 1. The van der Waals surface area contributed by atoms with Crippen LogP contribution >= 0.6 is 11.3 Å². The molecule has 1 heterocycles. The van der Waals surface area contributed by atoms with Gasteiger partial charge in [0.2, 0.25) is 11.8 Å². The van der Waals surface area contributed by atoms with Crippen molar-refractivity contribution in [1.82, 2.24) is 4.98 Å². The van der Waals surface area contributed by atoms with E-state index >= 15 is 0 Å². The molecule has 2 aromatic rings. The van der Waals surface area contributed by atoms with Crippen molar-refractivity contribution >= 4 is 34.0 Å². The first kappa shape index (κ1) is 16.9. The first-order valence-electron chi connectivity index (χ1n) is 6.31. The first-order chi connectivity index (χ1) is 10.7. The number of carbonyl (C=O) groups excluding carboxylic acids is 2. The smallest absolute Gasteiger partial charge is 0.407 e. The van der Waals surface area contributed by atoms with Crippen LogP contribution in [0.2, 0.25) is 0 Å². The van der Waals surface area contributed by atoms with Gasteiger partial charge in [-0.05, 0) is 12.1 Å². The average molecular weight is 344 g/mol. The summed E-state index contributed by atoms with van der Waals surface area (Å²) in [7, 11) is 0. The van der Waals surface area contributed by atoms with Gasteiger partial charge >= 0.3 is 12.1 Å². The average Bonchev–Trinajstić information content (AvgIpc) is 2.85. The van der Waals surface area contributed by atoms with E-state index < -0.39 is 23.6 Å². The maximum Gasteiger partial charge on any atom is 0.418 e. The largest absolute Gasteiger partial charge is 0.418 e. The minimum Gasteiger partial charge on any atom is -0.407 e. The Kier molecular flexibility index (Phi) is 4.69. The number of thiazole rings is 1. The Hall–Kier alpha value is -2.42. The second-order valence-electron chi connectivity index (χ2n) is 4.43. The summed E-state index contributed by atoms with van der Waals surface area (Å²) in [6.07, 6.45) is -4.62. The third-order valence-corrected chi connectivity index (χ3v) is 3.48. The summed E-state index contributed by atoms with van der Waals surface area (Å²) in [5.41, 5.74) is -1.30. The highest BCUT2D eigenvalue weighted by Gasteiger charge is 2.36. The molecule has 1 aromatic carbocycles. The number of carbonyl (C=O) groups is 2. The Balaban J connectivity index is 2.50. The summed E-state index contributed by atoms with van der Waals surface area (Å²) < 4.78 is 44.2. The lowest BCUT2D eigenvalue weighted by atomic mass is 10.1. The van der Waals surface area contributed by atoms with Crippen LogP contribution in [0.1, 0.15) is 19.4 Å². The molecule has 0 radical (unpaired) electrons. The number of halogens is 3. The molecular weight excluding hydrogens is 333 g/mol. The number of nitrogens with zero attached hydrogens (tertiary/aromatic N) is 2. The number of benzene rings is 1. The number of hydrogen-bond donors (Lipinski definition) is 0. The van der Waals surface area contributed by atoms with E-state index in [2.05, 4.69) is 4.98 Å². The molecular formula is C14H11F3N2O3S. The van der Waals surface area contributed by atoms with Gasteiger partial charge in [-0.25, -0.2) is 0 Å². The van der Waals surface area contributed by atoms with Crippen molar-refractivity contribution in [2.24, 2.45) is 0 Å². The highest BCUT2D eigenvalue weighted by Crippen LogP contribution is 2.40. The van der Waals surface area contributed by atoms with Crippen molar-refractivity contribution in [3.63, 3.8) is 0 Å². The van der Waals surface area contributed by atoms with Crippen molar-refractivity contribution < 1.29 is 27.5 Å². The van der Waals surface area contributed by atoms with E-state index in [9.17, 15) is 22.8 Å². The molecule has 1 aromatic heterocycles. The van der Waals surface area contributed by atoms with Crippen LogP contribution in [0.4, 0.5) is 24.0 Å². The van der Waals surface area contributed by atoms with Crippen molar-refractivity contribution in [2.75, 3.05) is 4.90 Å². The highest BCUT2D eigenvalue weighted by atomic mass is 32.1. The van der Waals surface area contributed by atoms with Gasteiger partial charge in [-0.2, -0.15) is 18.2 Å². The lowest BCUT2D eigenvalue weighted by molar-refractivity contribution is -0.137. The normalized spacial score (nSPS) is 11.2. The zero-order valence-electron chi connectivity index (χ0n) is 12.0. The maximum absolute atomic E-state index is 13.1. The fourth-order valence-electron chi connectivity index (χ4n) is 1.86. The molecule has 9 heteroatoms. The van der Waals surface area contributed by atoms with E-state index in [1.165, 1.54) is 30.5 Å². The molecule has 0 aliphatic rings. The minimum absolute atomic E-state index is 0.0227. The van der Waals surface area contributed by atoms with Gasteiger partial charge in [0.05, 0.1) is 16.6 Å². The topological polar surface area (TPSA) is 59.5 Å². The molecule has 0 fully saturated rings. The molecule has 1 amide bonds. The van der Waals surface area contributed by atoms with Gasteiger partial charge in [-0.15, -0.1) is 11.3 Å². The Morgan fingerprint density at radius 1 is 1.22 bits per heavy atom. The van der Waals surface area contributed by atoms with E-state index in [4.69, 9.17) is 4.74 Å². The zero-order chi connectivity index (χ0) is 17.2. The quantitative estimate of drug-likeness (QED) is 0.795. The molecule has 0 bridgehead atoms. The number of para-hydroxylation sites is 1. The monoisotopic (exact) mass is 344 g/mol. The van der Waals surface area contributed by atoms with Crippen molar-refractivity contribution in [3.8, 4) is 5.88 Å². The third-order valence-electron chi connectivity index (χ3n) is 2.68. The van der Waals surface area contributed by atoms with E-state index in [0.29, 0.717) is 0 Å². The number of anilines is 2. The van der Waals surface area contributed by atoms with Gasteiger partial charge in [0.15, 0.2) is 5.13 Å². The summed E-state index contributed by atoms with van der Waals surface area (Å²) >= 11 is 0.892. The molecule has 122 valence electrons. The minimum atomic E-state index is -4.62. The van der Waals surface area contributed by atoms with Gasteiger partial charge in [-0.1, -0.05) is 12.1 Å². The van der Waals surface area contributed by atoms with E-state index in [1.54, 1.807) is 0 Å². The molecule has 0 unspecified atom stereocenters. The summed E-state index contributed by atoms with van der Waals surface area (Å²) in [5, 5.41) is 1.31. The van der Waals surface area contributed by atoms with Crippen molar-refractivity contribution in [2.45, 2.75) is 20.0 Å². The Morgan fingerprint density at radius 2 is 1.87 bits per heavy atom. The Bertz CT molecular complexity index is 743. The number of aromatic nitrogens is 1. The molecule has 0 saturated carbocycles. The summed E-state index contributed by atoms with van der Waals surface area (Å²) in [6, 6.07) is 4.68. The van der Waals surface area contributed by atoms with Gasteiger partial charge in [0, 0.05) is 13.8 Å². The van der Waals surface area contributed by atoms with Gasteiger partial charge in [-0.3, -0.25) is 14.5 Å². The molecule has 2 rings (SSSR count). The second-order valence-corrected chi connectivity index (χ2v) is 5.27.